The van der Waals surface area contributed by atoms with Crippen LogP contribution < -0.4 is 0 Å². The summed E-state index contributed by atoms with van der Waals surface area (Å²) in [6, 6.07) is 0. The Balaban J connectivity index is 2.13. The smallest absolute Gasteiger partial charge is 0.0431 e. The zero-order valence-electron chi connectivity index (χ0n) is 6.92. The van der Waals surface area contributed by atoms with Crippen molar-refractivity contribution in [2.75, 3.05) is 6.61 Å². The van der Waals surface area contributed by atoms with Gasteiger partial charge in [-0.05, 0) is 25.2 Å². The van der Waals surface area contributed by atoms with E-state index in [1.165, 1.54) is 12.0 Å². The number of rotatable bonds is 4. The van der Waals surface area contributed by atoms with E-state index in [1.807, 2.05) is 0 Å². The number of allylic oxidation sites excluding steroid dienone is 3. The molecular formula is C10H16O. The molecule has 62 valence electrons. The van der Waals surface area contributed by atoms with E-state index < -0.39 is 0 Å². The van der Waals surface area contributed by atoms with Crippen LogP contribution in [0.2, 0.25) is 0 Å². The molecule has 0 heterocycles. The Labute approximate surface area is 68.4 Å². The Morgan fingerprint density at radius 2 is 2.36 bits per heavy atom. The maximum absolute atomic E-state index is 8.57. The second-order valence-electron chi connectivity index (χ2n) is 3.13. The number of hydrogen-bond donors (Lipinski definition) is 1. The molecule has 0 aliphatic heterocycles. The second kappa shape index (κ2) is 4.35. The predicted octanol–water partition coefficient (Wildman–Crippen LogP) is 2.28. The SMILES string of the molecule is C=C1C=CCC1CCCCO. The highest BCUT2D eigenvalue weighted by molar-refractivity contribution is 5.24. The molecule has 0 aromatic carbocycles. The zero-order chi connectivity index (χ0) is 8.10. The summed E-state index contributed by atoms with van der Waals surface area (Å²) in [5.41, 5.74) is 1.27. The fraction of sp³-hybridized carbons (Fsp3) is 0.600. The molecule has 1 aliphatic carbocycles. The summed E-state index contributed by atoms with van der Waals surface area (Å²) in [7, 11) is 0. The highest BCUT2D eigenvalue weighted by atomic mass is 16.2. The third-order valence-electron chi connectivity index (χ3n) is 2.24. The summed E-state index contributed by atoms with van der Waals surface area (Å²) in [5.74, 6) is 0.668. The van der Waals surface area contributed by atoms with Crippen LogP contribution in [0.4, 0.5) is 0 Å². The molecule has 1 rings (SSSR count). The lowest BCUT2D eigenvalue weighted by Crippen LogP contribution is -1.96. The molecule has 0 spiro atoms. The summed E-state index contributed by atoms with van der Waals surface area (Å²) < 4.78 is 0. The molecule has 0 fully saturated rings. The highest BCUT2D eigenvalue weighted by Gasteiger charge is 2.12. The summed E-state index contributed by atoms with van der Waals surface area (Å²) in [6.07, 6.45) is 8.71. The first-order valence-electron chi connectivity index (χ1n) is 4.31. The van der Waals surface area contributed by atoms with Crippen molar-refractivity contribution in [3.05, 3.63) is 24.3 Å². The molecule has 0 saturated carbocycles. The third kappa shape index (κ3) is 2.51. The Bertz CT molecular complexity index is 158. The number of aliphatic hydroxyl groups is 1. The van der Waals surface area contributed by atoms with Gasteiger partial charge in [-0.25, -0.2) is 0 Å². The lowest BCUT2D eigenvalue weighted by atomic mass is 9.97. The van der Waals surface area contributed by atoms with Gasteiger partial charge in [-0.3, -0.25) is 0 Å². The van der Waals surface area contributed by atoms with Gasteiger partial charge in [0.15, 0.2) is 0 Å². The van der Waals surface area contributed by atoms with Crippen LogP contribution in [-0.2, 0) is 0 Å². The van der Waals surface area contributed by atoms with Gasteiger partial charge in [-0.2, -0.15) is 0 Å². The molecule has 0 bridgehead atoms. The summed E-state index contributed by atoms with van der Waals surface area (Å²) in [5, 5.41) is 8.57. The summed E-state index contributed by atoms with van der Waals surface area (Å²) in [4.78, 5) is 0. The van der Waals surface area contributed by atoms with Crippen molar-refractivity contribution in [1.29, 1.82) is 0 Å². The predicted molar refractivity (Wildman–Crippen MR) is 47.3 cm³/mol. The van der Waals surface area contributed by atoms with Crippen molar-refractivity contribution >= 4 is 0 Å². The van der Waals surface area contributed by atoms with Crippen LogP contribution in [0.25, 0.3) is 0 Å². The van der Waals surface area contributed by atoms with E-state index in [-0.39, 0.29) is 0 Å². The van der Waals surface area contributed by atoms with Crippen molar-refractivity contribution < 1.29 is 5.11 Å². The van der Waals surface area contributed by atoms with Gasteiger partial charge in [-0.15, -0.1) is 0 Å². The van der Waals surface area contributed by atoms with E-state index in [1.54, 1.807) is 0 Å². The van der Waals surface area contributed by atoms with E-state index in [9.17, 15) is 0 Å². The largest absolute Gasteiger partial charge is 0.396 e. The van der Waals surface area contributed by atoms with E-state index in [0.29, 0.717) is 12.5 Å². The molecule has 0 saturated heterocycles. The molecule has 1 nitrogen and oxygen atoms in total. The monoisotopic (exact) mass is 152 g/mol. The molecule has 0 amide bonds. The lowest BCUT2D eigenvalue weighted by molar-refractivity contribution is 0.280. The third-order valence-corrected chi connectivity index (χ3v) is 2.24. The molecule has 1 N–H and O–H groups in total. The van der Waals surface area contributed by atoms with Gasteiger partial charge in [0.05, 0.1) is 0 Å². The van der Waals surface area contributed by atoms with Crippen LogP contribution in [0, 0.1) is 5.92 Å². The molecule has 1 aliphatic rings. The Kier molecular flexibility index (Phi) is 3.37. The quantitative estimate of drug-likeness (QED) is 0.613. The maximum atomic E-state index is 8.57. The van der Waals surface area contributed by atoms with Gasteiger partial charge in [0.25, 0.3) is 0 Å². The average molecular weight is 152 g/mol. The Morgan fingerprint density at radius 1 is 1.55 bits per heavy atom. The topological polar surface area (TPSA) is 20.2 Å². The van der Waals surface area contributed by atoms with Gasteiger partial charge in [0, 0.05) is 6.61 Å². The standard InChI is InChI=1S/C10H16O/c1-9-5-4-7-10(9)6-2-3-8-11/h4-5,10-11H,1-3,6-8H2. The van der Waals surface area contributed by atoms with E-state index in [4.69, 9.17) is 5.11 Å². The van der Waals surface area contributed by atoms with E-state index in [0.717, 1.165) is 19.3 Å². The molecule has 0 aromatic heterocycles. The van der Waals surface area contributed by atoms with Crippen LogP contribution >= 0.6 is 0 Å². The minimum atomic E-state index is 0.326. The fourth-order valence-electron chi connectivity index (χ4n) is 1.48. The molecule has 1 unspecified atom stereocenters. The molecule has 0 radical (unpaired) electrons. The van der Waals surface area contributed by atoms with Crippen LogP contribution in [0.1, 0.15) is 25.7 Å². The molecule has 0 aromatic rings. The Hall–Kier alpha value is -0.560. The van der Waals surface area contributed by atoms with Crippen molar-refractivity contribution in [3.8, 4) is 0 Å². The maximum Gasteiger partial charge on any atom is 0.0431 e. The van der Waals surface area contributed by atoms with Crippen molar-refractivity contribution in [2.45, 2.75) is 25.7 Å². The van der Waals surface area contributed by atoms with Crippen LogP contribution in [0.15, 0.2) is 24.3 Å². The first-order valence-corrected chi connectivity index (χ1v) is 4.31. The molecular weight excluding hydrogens is 136 g/mol. The highest BCUT2D eigenvalue weighted by Crippen LogP contribution is 2.27. The fourth-order valence-corrected chi connectivity index (χ4v) is 1.48. The Morgan fingerprint density at radius 3 is 2.91 bits per heavy atom. The minimum absolute atomic E-state index is 0.326. The van der Waals surface area contributed by atoms with Crippen molar-refractivity contribution in [1.82, 2.24) is 0 Å². The molecule has 1 heteroatoms. The van der Waals surface area contributed by atoms with Gasteiger partial charge in [0.2, 0.25) is 0 Å². The van der Waals surface area contributed by atoms with Gasteiger partial charge >= 0.3 is 0 Å². The van der Waals surface area contributed by atoms with E-state index >= 15 is 0 Å². The summed E-state index contributed by atoms with van der Waals surface area (Å²) >= 11 is 0. The van der Waals surface area contributed by atoms with Crippen molar-refractivity contribution in [2.24, 2.45) is 5.92 Å². The van der Waals surface area contributed by atoms with Crippen molar-refractivity contribution in [3.63, 3.8) is 0 Å². The average Bonchev–Trinajstić information content (AvgIpc) is 2.37. The lowest BCUT2D eigenvalue weighted by Gasteiger charge is -2.09. The van der Waals surface area contributed by atoms with E-state index in [2.05, 4.69) is 18.7 Å². The normalized spacial score (nSPS) is 23.0. The zero-order valence-corrected chi connectivity index (χ0v) is 6.92. The second-order valence-corrected chi connectivity index (χ2v) is 3.13. The molecule has 11 heavy (non-hydrogen) atoms. The van der Waals surface area contributed by atoms with Gasteiger partial charge in [0.1, 0.15) is 0 Å². The van der Waals surface area contributed by atoms with Crippen LogP contribution in [0.5, 0.6) is 0 Å². The van der Waals surface area contributed by atoms with Gasteiger partial charge in [-0.1, -0.05) is 30.7 Å². The summed E-state index contributed by atoms with van der Waals surface area (Å²) in [6.45, 7) is 4.29. The first-order chi connectivity index (χ1) is 5.34. The number of unbranched alkanes of at least 4 members (excludes halogenated alkanes) is 1. The first kappa shape index (κ1) is 8.54. The number of hydrogen-bond acceptors (Lipinski definition) is 1. The van der Waals surface area contributed by atoms with Gasteiger partial charge < -0.3 is 5.11 Å². The minimum Gasteiger partial charge on any atom is -0.396 e. The van der Waals surface area contributed by atoms with Crippen LogP contribution in [0.3, 0.4) is 0 Å². The molecule has 1 atom stereocenters. The number of aliphatic hydroxyl groups excluding tert-OH is 1. The van der Waals surface area contributed by atoms with Crippen LogP contribution in [-0.4, -0.2) is 11.7 Å².